The highest BCUT2D eigenvalue weighted by Gasteiger charge is 2.22. The molecule has 0 fully saturated rings. The smallest absolute Gasteiger partial charge is 0.141 e. The zero-order valence-electron chi connectivity index (χ0n) is 9.62. The fourth-order valence-electron chi connectivity index (χ4n) is 2.21. The van der Waals surface area contributed by atoms with Gasteiger partial charge in [-0.15, -0.1) is 11.3 Å². The van der Waals surface area contributed by atoms with Gasteiger partial charge in [0, 0.05) is 16.5 Å². The van der Waals surface area contributed by atoms with E-state index in [1.165, 1.54) is 6.07 Å². The van der Waals surface area contributed by atoms with Crippen molar-refractivity contribution in [2.75, 3.05) is 0 Å². The molecular weight excluding hydrogens is 271 g/mol. The van der Waals surface area contributed by atoms with Crippen molar-refractivity contribution >= 4 is 22.9 Å². The average molecular weight is 283 g/mol. The van der Waals surface area contributed by atoms with E-state index in [0.29, 0.717) is 0 Å². The number of hydrogen-bond acceptors (Lipinski definition) is 3. The van der Waals surface area contributed by atoms with Gasteiger partial charge < -0.3 is 5.73 Å². The Morgan fingerprint density at radius 1 is 1.44 bits per heavy atom. The molecule has 2 N–H and O–H groups in total. The highest BCUT2D eigenvalue weighted by molar-refractivity contribution is 7.15. The van der Waals surface area contributed by atoms with Crippen molar-refractivity contribution in [3.05, 3.63) is 39.6 Å². The molecule has 1 aromatic carbocycles. The van der Waals surface area contributed by atoms with E-state index in [1.807, 2.05) is 0 Å². The number of aromatic nitrogens is 1. The van der Waals surface area contributed by atoms with Gasteiger partial charge >= 0.3 is 0 Å². The van der Waals surface area contributed by atoms with Gasteiger partial charge in [-0.25, -0.2) is 9.37 Å². The van der Waals surface area contributed by atoms with Gasteiger partial charge in [-0.3, -0.25) is 0 Å². The highest BCUT2D eigenvalue weighted by atomic mass is 35.5. The molecule has 3 rings (SSSR count). The Kier molecular flexibility index (Phi) is 3.09. The summed E-state index contributed by atoms with van der Waals surface area (Å²) in [6.07, 6.45) is 3.08. The van der Waals surface area contributed by atoms with Crippen LogP contribution in [0.3, 0.4) is 0 Å². The number of nitrogens with zero attached hydrogens (tertiary/aromatic N) is 1. The van der Waals surface area contributed by atoms with Crippen molar-refractivity contribution in [3.63, 3.8) is 0 Å². The van der Waals surface area contributed by atoms with Gasteiger partial charge in [0.25, 0.3) is 0 Å². The Labute approximate surface area is 114 Å². The Hall–Kier alpha value is -0.970. The number of fused-ring (bicyclic) bond motifs is 1. The van der Waals surface area contributed by atoms with E-state index in [4.69, 9.17) is 17.3 Å². The van der Waals surface area contributed by atoms with Gasteiger partial charge in [-0.05, 0) is 37.5 Å². The summed E-state index contributed by atoms with van der Waals surface area (Å²) in [6.45, 7) is 0. The van der Waals surface area contributed by atoms with E-state index in [9.17, 15) is 4.39 Å². The highest BCUT2D eigenvalue weighted by Crippen LogP contribution is 2.37. The van der Waals surface area contributed by atoms with Crippen molar-refractivity contribution in [1.82, 2.24) is 4.98 Å². The topological polar surface area (TPSA) is 38.9 Å². The second-order valence-corrected chi connectivity index (χ2v) is 5.90. The Morgan fingerprint density at radius 3 is 3.00 bits per heavy atom. The van der Waals surface area contributed by atoms with Crippen LogP contribution in [0, 0.1) is 5.82 Å². The summed E-state index contributed by atoms with van der Waals surface area (Å²) in [7, 11) is 0. The van der Waals surface area contributed by atoms with Crippen molar-refractivity contribution in [3.8, 4) is 10.6 Å². The Morgan fingerprint density at radius 2 is 2.28 bits per heavy atom. The van der Waals surface area contributed by atoms with Crippen LogP contribution in [0.25, 0.3) is 10.6 Å². The number of hydrogen-bond donors (Lipinski definition) is 1. The third-order valence-electron chi connectivity index (χ3n) is 3.16. The molecule has 0 radical (unpaired) electrons. The molecule has 1 atom stereocenters. The standard InChI is InChI=1S/C13H12ClFN2S/c14-8-6-7(4-5-9(8)15)13-17-11-3-1-2-10(16)12(11)18-13/h4-6,10H,1-3,16H2. The first kappa shape index (κ1) is 12.1. The first-order valence-electron chi connectivity index (χ1n) is 5.86. The van der Waals surface area contributed by atoms with Crippen LogP contribution in [0.15, 0.2) is 18.2 Å². The number of benzene rings is 1. The largest absolute Gasteiger partial charge is 0.323 e. The van der Waals surface area contributed by atoms with Crippen molar-refractivity contribution in [1.29, 1.82) is 0 Å². The average Bonchev–Trinajstić information content (AvgIpc) is 2.78. The van der Waals surface area contributed by atoms with Crippen LogP contribution in [-0.2, 0) is 6.42 Å². The Bertz CT molecular complexity index is 597. The summed E-state index contributed by atoms with van der Waals surface area (Å²) in [5.74, 6) is -0.404. The van der Waals surface area contributed by atoms with Gasteiger partial charge in [0.05, 0.1) is 10.7 Å². The third-order valence-corrected chi connectivity index (χ3v) is 4.73. The summed E-state index contributed by atoms with van der Waals surface area (Å²) in [6, 6.07) is 4.79. The molecule has 1 aliphatic rings. The molecule has 0 saturated carbocycles. The molecule has 0 saturated heterocycles. The minimum absolute atomic E-state index is 0.0934. The molecule has 0 amide bonds. The van der Waals surface area contributed by atoms with Crippen LogP contribution in [0.1, 0.15) is 29.5 Å². The summed E-state index contributed by atoms with van der Waals surface area (Å²) in [5, 5.41) is 1.00. The molecule has 1 heterocycles. The monoisotopic (exact) mass is 282 g/mol. The van der Waals surface area contributed by atoms with E-state index in [-0.39, 0.29) is 11.1 Å². The summed E-state index contributed by atoms with van der Waals surface area (Å²) < 4.78 is 13.1. The molecule has 1 aromatic heterocycles. The molecule has 0 spiro atoms. The number of nitrogens with two attached hydrogens (primary N) is 1. The van der Waals surface area contributed by atoms with Gasteiger partial charge in [0.1, 0.15) is 10.8 Å². The fourth-order valence-corrected chi connectivity index (χ4v) is 3.53. The number of halogens is 2. The molecule has 18 heavy (non-hydrogen) atoms. The minimum atomic E-state index is -0.404. The second kappa shape index (κ2) is 4.61. The third kappa shape index (κ3) is 2.05. The lowest BCUT2D eigenvalue weighted by molar-refractivity contribution is 0.573. The quantitative estimate of drug-likeness (QED) is 0.860. The lowest BCUT2D eigenvalue weighted by Gasteiger charge is -2.15. The van der Waals surface area contributed by atoms with Gasteiger partial charge in [-0.1, -0.05) is 11.6 Å². The molecule has 1 aliphatic carbocycles. The molecule has 0 bridgehead atoms. The fraction of sp³-hybridized carbons (Fsp3) is 0.308. The zero-order valence-corrected chi connectivity index (χ0v) is 11.2. The lowest BCUT2D eigenvalue weighted by atomic mass is 9.99. The number of aryl methyl sites for hydroxylation is 1. The van der Waals surface area contributed by atoms with E-state index in [0.717, 1.165) is 40.4 Å². The van der Waals surface area contributed by atoms with Crippen LogP contribution >= 0.6 is 22.9 Å². The van der Waals surface area contributed by atoms with Crippen molar-refractivity contribution < 1.29 is 4.39 Å². The SMILES string of the molecule is NC1CCCc2nc(-c3ccc(F)c(Cl)c3)sc21. The lowest BCUT2D eigenvalue weighted by Crippen LogP contribution is -2.15. The number of thiazole rings is 1. The van der Waals surface area contributed by atoms with E-state index in [1.54, 1.807) is 23.5 Å². The molecule has 2 nitrogen and oxygen atoms in total. The van der Waals surface area contributed by atoms with Gasteiger partial charge in [0.2, 0.25) is 0 Å². The first-order chi connectivity index (χ1) is 8.65. The first-order valence-corrected chi connectivity index (χ1v) is 7.05. The van der Waals surface area contributed by atoms with Gasteiger partial charge in [-0.2, -0.15) is 0 Å². The molecule has 2 aromatic rings. The maximum Gasteiger partial charge on any atom is 0.141 e. The van der Waals surface area contributed by atoms with Crippen LogP contribution in [0.5, 0.6) is 0 Å². The maximum atomic E-state index is 13.1. The predicted octanol–water partition coefficient (Wildman–Crippen LogP) is 3.94. The van der Waals surface area contributed by atoms with Crippen molar-refractivity contribution in [2.45, 2.75) is 25.3 Å². The molecular formula is C13H12ClFN2S. The normalized spacial score (nSPS) is 18.7. The Balaban J connectivity index is 2.04. The van der Waals surface area contributed by atoms with Crippen LogP contribution in [0.4, 0.5) is 4.39 Å². The number of rotatable bonds is 1. The summed E-state index contributed by atoms with van der Waals surface area (Å²) >= 11 is 7.39. The summed E-state index contributed by atoms with van der Waals surface area (Å²) in [5.41, 5.74) is 8.02. The zero-order chi connectivity index (χ0) is 12.7. The minimum Gasteiger partial charge on any atom is -0.323 e. The van der Waals surface area contributed by atoms with Crippen LogP contribution in [0.2, 0.25) is 5.02 Å². The van der Waals surface area contributed by atoms with Gasteiger partial charge in [0.15, 0.2) is 0 Å². The van der Waals surface area contributed by atoms with Crippen LogP contribution in [-0.4, -0.2) is 4.98 Å². The maximum absolute atomic E-state index is 13.1. The van der Waals surface area contributed by atoms with E-state index >= 15 is 0 Å². The molecule has 94 valence electrons. The van der Waals surface area contributed by atoms with E-state index in [2.05, 4.69) is 4.98 Å². The molecule has 0 aliphatic heterocycles. The summed E-state index contributed by atoms with van der Waals surface area (Å²) in [4.78, 5) is 5.76. The van der Waals surface area contributed by atoms with Crippen molar-refractivity contribution in [2.24, 2.45) is 5.73 Å². The predicted molar refractivity (Wildman–Crippen MR) is 72.4 cm³/mol. The molecule has 1 unspecified atom stereocenters. The van der Waals surface area contributed by atoms with E-state index < -0.39 is 5.82 Å². The second-order valence-electron chi connectivity index (χ2n) is 4.46. The van der Waals surface area contributed by atoms with Crippen LogP contribution < -0.4 is 5.73 Å². The molecule has 5 heteroatoms.